The summed E-state index contributed by atoms with van der Waals surface area (Å²) in [5.41, 5.74) is 1.19. The Morgan fingerprint density at radius 1 is 0.929 bits per heavy atom. The number of esters is 2. The Labute approximate surface area is 248 Å². The molecule has 2 aliphatic heterocycles. The van der Waals surface area contributed by atoms with Crippen LogP contribution in [0.25, 0.3) is 17.0 Å². The van der Waals surface area contributed by atoms with Crippen LogP contribution < -0.4 is 0 Å². The van der Waals surface area contributed by atoms with Gasteiger partial charge in [-0.3, -0.25) is 14.4 Å². The first-order chi connectivity index (χ1) is 19.7. The molecular weight excluding hydrogens is 536 g/mol. The van der Waals surface area contributed by atoms with Crippen molar-refractivity contribution in [3.05, 3.63) is 35.5 Å². The number of piperidine rings is 2. The second-order valence-corrected chi connectivity index (χ2v) is 13.3. The fourth-order valence-electron chi connectivity index (χ4n) is 5.51. The molecule has 1 aromatic carbocycles. The second-order valence-electron chi connectivity index (χ2n) is 13.3. The van der Waals surface area contributed by atoms with E-state index in [0.29, 0.717) is 24.7 Å². The Hall–Kier alpha value is -3.40. The molecule has 2 aromatic rings. The number of likely N-dealkylation sites (tertiary alicyclic amines) is 2. The number of allylic oxidation sites excluding steroid dienone is 1. The third-order valence-corrected chi connectivity index (χ3v) is 7.54. The highest BCUT2D eigenvalue weighted by Gasteiger charge is 2.29. The van der Waals surface area contributed by atoms with Gasteiger partial charge in [-0.2, -0.15) is 5.10 Å². The smallest absolute Gasteiger partial charge is 0.410 e. The van der Waals surface area contributed by atoms with E-state index < -0.39 is 17.2 Å². The van der Waals surface area contributed by atoms with Gasteiger partial charge in [-0.25, -0.2) is 9.59 Å². The third-order valence-electron chi connectivity index (χ3n) is 7.54. The molecule has 230 valence electrons. The van der Waals surface area contributed by atoms with Gasteiger partial charge in [0.25, 0.3) is 0 Å². The Balaban J connectivity index is 1.42. The van der Waals surface area contributed by atoms with E-state index in [4.69, 9.17) is 19.3 Å². The van der Waals surface area contributed by atoms with E-state index in [0.717, 1.165) is 55.2 Å². The van der Waals surface area contributed by atoms with Crippen molar-refractivity contribution in [1.82, 2.24) is 19.6 Å². The van der Waals surface area contributed by atoms with Crippen LogP contribution in [0.1, 0.15) is 89.3 Å². The van der Waals surface area contributed by atoms with Gasteiger partial charge < -0.3 is 19.1 Å². The van der Waals surface area contributed by atoms with Crippen molar-refractivity contribution in [2.24, 2.45) is 5.92 Å². The zero-order valence-electron chi connectivity index (χ0n) is 26.1. The normalized spacial score (nSPS) is 18.0. The van der Waals surface area contributed by atoms with Crippen molar-refractivity contribution in [1.29, 1.82) is 0 Å². The summed E-state index contributed by atoms with van der Waals surface area (Å²) in [6.07, 6.45) is 7.38. The number of rotatable bonds is 6. The Morgan fingerprint density at radius 2 is 1.57 bits per heavy atom. The molecule has 42 heavy (non-hydrogen) atoms. The molecular formula is C32H46N4O6. The number of carbonyl (C=O) groups excluding carboxylic acids is 3. The lowest BCUT2D eigenvalue weighted by Gasteiger charge is -2.32. The first kappa shape index (κ1) is 31.5. The van der Waals surface area contributed by atoms with E-state index in [1.165, 1.54) is 7.11 Å². The van der Waals surface area contributed by atoms with E-state index >= 15 is 0 Å². The number of fused-ring (bicyclic) bond motifs is 1. The predicted octanol–water partition coefficient (Wildman–Crippen LogP) is 5.46. The lowest BCUT2D eigenvalue weighted by Crippen LogP contribution is -2.41. The van der Waals surface area contributed by atoms with Crippen LogP contribution in [0.4, 0.5) is 4.79 Å². The van der Waals surface area contributed by atoms with E-state index in [-0.39, 0.29) is 24.6 Å². The molecule has 2 saturated heterocycles. The highest BCUT2D eigenvalue weighted by Crippen LogP contribution is 2.30. The maximum absolute atomic E-state index is 12.7. The van der Waals surface area contributed by atoms with Crippen molar-refractivity contribution >= 4 is 35.0 Å². The quantitative estimate of drug-likeness (QED) is 0.327. The van der Waals surface area contributed by atoms with Crippen LogP contribution in [0.5, 0.6) is 0 Å². The van der Waals surface area contributed by atoms with Crippen molar-refractivity contribution in [2.45, 2.75) is 84.5 Å². The topological polar surface area (TPSA) is 103 Å². The monoisotopic (exact) mass is 582 g/mol. The lowest BCUT2D eigenvalue weighted by molar-refractivity contribution is -0.156. The van der Waals surface area contributed by atoms with Gasteiger partial charge in [0, 0.05) is 31.6 Å². The molecule has 1 aromatic heterocycles. The summed E-state index contributed by atoms with van der Waals surface area (Å²) in [4.78, 5) is 41.2. The fraction of sp³-hybridized carbons (Fsp3) is 0.625. The molecule has 0 saturated carbocycles. The molecule has 0 N–H and O–H groups in total. The summed E-state index contributed by atoms with van der Waals surface area (Å²) in [6.45, 7) is 14.3. The Kier molecular flexibility index (Phi) is 9.65. The summed E-state index contributed by atoms with van der Waals surface area (Å²) < 4.78 is 18.0. The van der Waals surface area contributed by atoms with Crippen molar-refractivity contribution in [2.75, 3.05) is 39.8 Å². The van der Waals surface area contributed by atoms with Crippen LogP contribution in [0.3, 0.4) is 0 Å². The van der Waals surface area contributed by atoms with E-state index in [1.807, 2.05) is 64.4 Å². The third kappa shape index (κ3) is 8.33. The first-order valence-electron chi connectivity index (χ1n) is 14.9. The number of carbonyl (C=O) groups is 3. The largest absolute Gasteiger partial charge is 0.464 e. The van der Waals surface area contributed by atoms with E-state index in [2.05, 4.69) is 17.1 Å². The molecule has 0 radical (unpaired) electrons. The maximum Gasteiger partial charge on any atom is 0.410 e. The summed E-state index contributed by atoms with van der Waals surface area (Å²) in [7, 11) is 1.37. The van der Waals surface area contributed by atoms with Crippen molar-refractivity contribution < 1.29 is 28.6 Å². The summed E-state index contributed by atoms with van der Waals surface area (Å²) >= 11 is 0. The molecule has 2 aliphatic rings. The molecule has 1 amide bonds. The van der Waals surface area contributed by atoms with Gasteiger partial charge in [-0.15, -0.1) is 0 Å². The Morgan fingerprint density at radius 3 is 2.17 bits per heavy atom. The summed E-state index contributed by atoms with van der Waals surface area (Å²) in [5, 5.41) is 5.48. The summed E-state index contributed by atoms with van der Waals surface area (Å²) in [6, 6.07) is 6.17. The molecule has 4 rings (SSSR count). The molecule has 0 unspecified atom stereocenters. The number of aromatic nitrogens is 2. The molecule has 2 fully saturated rings. The average Bonchev–Trinajstić information content (AvgIpc) is 3.29. The minimum atomic E-state index is -0.499. The average molecular weight is 583 g/mol. The molecule has 3 heterocycles. The van der Waals surface area contributed by atoms with Crippen LogP contribution in [0.2, 0.25) is 0 Å². The molecule has 0 spiro atoms. The molecule has 0 atom stereocenters. The van der Waals surface area contributed by atoms with Gasteiger partial charge in [-0.1, -0.05) is 18.2 Å². The summed E-state index contributed by atoms with van der Waals surface area (Å²) in [5.74, 6) is -0.322. The molecule has 10 heteroatoms. The highest BCUT2D eigenvalue weighted by molar-refractivity contribution is 6.02. The van der Waals surface area contributed by atoms with Gasteiger partial charge in [0.1, 0.15) is 11.2 Å². The maximum atomic E-state index is 12.7. The molecule has 10 nitrogen and oxygen atoms in total. The standard InChI is InChI=1S/C32H46N4O6/c1-31(2,3)41-27(37)21-34-16-14-24(15-17-34)36-26-11-10-23(20-25(26)28(33-36)29(38)40-7)9-8-22-12-18-35(19-13-22)30(39)42-32(4,5)6/h8-11,20,22,24H,12-19,21H2,1-7H3/b9-8+. The Bertz CT molecular complexity index is 1300. The van der Waals surface area contributed by atoms with E-state index in [1.54, 1.807) is 4.90 Å². The van der Waals surface area contributed by atoms with Crippen LogP contribution in [0, 0.1) is 5.92 Å². The minimum absolute atomic E-state index is 0.109. The number of hydrogen-bond acceptors (Lipinski definition) is 8. The number of amides is 1. The second kappa shape index (κ2) is 12.9. The van der Waals surface area contributed by atoms with Gasteiger partial charge in [-0.05, 0) is 90.8 Å². The van der Waals surface area contributed by atoms with Gasteiger partial charge in [0.2, 0.25) is 0 Å². The van der Waals surface area contributed by atoms with Gasteiger partial charge in [0.15, 0.2) is 5.69 Å². The van der Waals surface area contributed by atoms with Crippen LogP contribution >= 0.6 is 0 Å². The first-order valence-corrected chi connectivity index (χ1v) is 14.9. The zero-order valence-corrected chi connectivity index (χ0v) is 26.1. The highest BCUT2D eigenvalue weighted by atomic mass is 16.6. The van der Waals surface area contributed by atoms with Gasteiger partial charge in [0.05, 0.1) is 25.2 Å². The fourth-order valence-corrected chi connectivity index (χ4v) is 5.51. The number of benzene rings is 1. The van der Waals surface area contributed by atoms with Crippen LogP contribution in [-0.4, -0.2) is 88.6 Å². The van der Waals surface area contributed by atoms with Gasteiger partial charge >= 0.3 is 18.0 Å². The number of hydrogen-bond donors (Lipinski definition) is 0. The molecule has 0 aliphatic carbocycles. The molecule has 0 bridgehead atoms. The van der Waals surface area contributed by atoms with Crippen LogP contribution in [-0.2, 0) is 19.0 Å². The number of ether oxygens (including phenoxy) is 3. The van der Waals surface area contributed by atoms with Crippen molar-refractivity contribution in [3.8, 4) is 0 Å². The number of nitrogens with zero attached hydrogens (tertiary/aromatic N) is 4. The van der Waals surface area contributed by atoms with Crippen LogP contribution in [0.15, 0.2) is 24.3 Å². The minimum Gasteiger partial charge on any atom is -0.464 e. The SMILES string of the molecule is COC(=O)c1nn(C2CCN(CC(=O)OC(C)(C)C)CC2)c2ccc(/C=C/C3CCN(C(=O)OC(C)(C)C)CC3)cc12. The lowest BCUT2D eigenvalue weighted by atomic mass is 9.95. The van der Waals surface area contributed by atoms with E-state index in [9.17, 15) is 14.4 Å². The zero-order chi connectivity index (χ0) is 30.7. The number of methoxy groups -OCH3 is 1. The van der Waals surface area contributed by atoms with Crippen molar-refractivity contribution in [3.63, 3.8) is 0 Å². The predicted molar refractivity (Wildman–Crippen MR) is 161 cm³/mol.